The van der Waals surface area contributed by atoms with Crippen LogP contribution in [0.15, 0.2) is 11.2 Å². The van der Waals surface area contributed by atoms with Crippen LogP contribution in [0, 0.1) is 11.8 Å². The van der Waals surface area contributed by atoms with Gasteiger partial charge in [0, 0.05) is 5.18 Å². The third kappa shape index (κ3) is 3.16. The van der Waals surface area contributed by atoms with Gasteiger partial charge in [0.05, 0.1) is 6.61 Å². The lowest BCUT2D eigenvalue weighted by molar-refractivity contribution is 0.0993. The Morgan fingerprint density at radius 3 is 2.95 bits per heavy atom. The van der Waals surface area contributed by atoms with Crippen LogP contribution in [-0.4, -0.2) is 31.2 Å². The molecule has 1 aliphatic heterocycles. The van der Waals surface area contributed by atoms with E-state index in [1.165, 1.54) is 0 Å². The van der Waals surface area contributed by atoms with Gasteiger partial charge >= 0.3 is 13.0 Å². The van der Waals surface area contributed by atoms with Crippen LogP contribution in [0.25, 0.3) is 0 Å². The SMILES string of the molecule is CCCCOc1cc(C)c2c(c1C(=O)N=O)OB(O)CO2. The van der Waals surface area contributed by atoms with Crippen molar-refractivity contribution in [1.29, 1.82) is 0 Å². The number of amides is 1. The van der Waals surface area contributed by atoms with Crippen molar-refractivity contribution in [2.75, 3.05) is 13.1 Å². The number of hydrogen-bond donors (Lipinski definition) is 1. The number of carbonyl (C=O) groups is 1. The summed E-state index contributed by atoms with van der Waals surface area (Å²) in [5, 5.41) is 11.9. The molecule has 0 bridgehead atoms. The summed E-state index contributed by atoms with van der Waals surface area (Å²) >= 11 is 0. The molecule has 1 aliphatic rings. The number of benzene rings is 1. The number of hydrogen-bond acceptors (Lipinski definition) is 6. The predicted octanol–water partition coefficient (Wildman–Crippen LogP) is 1.87. The number of nitroso groups, excluding NO2 is 1. The maximum absolute atomic E-state index is 11.8. The minimum absolute atomic E-state index is 0.00449. The van der Waals surface area contributed by atoms with E-state index in [2.05, 4.69) is 5.18 Å². The molecular weight excluding hydrogens is 277 g/mol. The van der Waals surface area contributed by atoms with Gasteiger partial charge in [-0.3, -0.25) is 4.79 Å². The Hall–Kier alpha value is -2.09. The van der Waals surface area contributed by atoms with Crippen LogP contribution in [0.5, 0.6) is 17.2 Å². The smallest absolute Gasteiger partial charge is 0.531 e. The van der Waals surface area contributed by atoms with Crippen LogP contribution in [0.3, 0.4) is 0 Å². The Morgan fingerprint density at radius 2 is 2.29 bits per heavy atom. The molecule has 112 valence electrons. The maximum atomic E-state index is 11.8. The second kappa shape index (κ2) is 6.58. The van der Waals surface area contributed by atoms with Crippen molar-refractivity contribution in [3.05, 3.63) is 22.1 Å². The Bertz CT molecular complexity index is 562. The van der Waals surface area contributed by atoms with Gasteiger partial charge in [0.15, 0.2) is 11.5 Å². The van der Waals surface area contributed by atoms with Crippen LogP contribution in [0.1, 0.15) is 35.7 Å². The zero-order valence-electron chi connectivity index (χ0n) is 11.9. The quantitative estimate of drug-likeness (QED) is 0.506. The first-order chi connectivity index (χ1) is 10.1. The third-order valence-electron chi connectivity index (χ3n) is 3.06. The van der Waals surface area contributed by atoms with Crippen molar-refractivity contribution in [3.8, 4) is 17.2 Å². The van der Waals surface area contributed by atoms with E-state index in [1.807, 2.05) is 6.92 Å². The largest absolute Gasteiger partial charge is 0.563 e. The highest BCUT2D eigenvalue weighted by Crippen LogP contribution is 2.43. The summed E-state index contributed by atoms with van der Waals surface area (Å²) in [4.78, 5) is 22.4. The van der Waals surface area contributed by atoms with E-state index in [9.17, 15) is 14.7 Å². The van der Waals surface area contributed by atoms with Gasteiger partial charge in [-0.25, -0.2) is 0 Å². The molecule has 1 aromatic carbocycles. The number of ether oxygens (including phenoxy) is 2. The van der Waals surface area contributed by atoms with Gasteiger partial charge in [0.1, 0.15) is 17.8 Å². The summed E-state index contributed by atoms with van der Waals surface area (Å²) < 4.78 is 16.1. The lowest BCUT2D eigenvalue weighted by atomic mass is 9.90. The first kappa shape index (κ1) is 15.3. The molecule has 8 heteroatoms. The lowest BCUT2D eigenvalue weighted by Crippen LogP contribution is -2.35. The molecule has 21 heavy (non-hydrogen) atoms. The standard InChI is InChI=1S/C13H16BNO6/c1-3-4-5-19-9-6-8(2)11-12(10(9)13(16)15-18)21-14(17)7-20-11/h6,17H,3-5,7H2,1-2H3. The Morgan fingerprint density at radius 1 is 1.52 bits per heavy atom. The molecule has 0 fully saturated rings. The van der Waals surface area contributed by atoms with Crippen molar-refractivity contribution >= 4 is 13.0 Å². The molecule has 7 nitrogen and oxygen atoms in total. The fourth-order valence-corrected chi connectivity index (χ4v) is 2.04. The molecular formula is C13H16BNO6. The van der Waals surface area contributed by atoms with E-state index in [1.54, 1.807) is 13.0 Å². The van der Waals surface area contributed by atoms with Crippen LogP contribution in [0.2, 0.25) is 0 Å². The molecule has 0 saturated heterocycles. The van der Waals surface area contributed by atoms with Crippen LogP contribution < -0.4 is 14.1 Å². The number of nitrogens with zero attached hydrogens (tertiary/aromatic N) is 1. The molecule has 0 aromatic heterocycles. The summed E-state index contributed by atoms with van der Waals surface area (Å²) in [5.74, 6) is -0.488. The lowest BCUT2D eigenvalue weighted by Gasteiger charge is -2.25. The van der Waals surface area contributed by atoms with Gasteiger partial charge in [-0.1, -0.05) is 13.3 Å². The molecule has 0 spiro atoms. The van der Waals surface area contributed by atoms with Crippen molar-refractivity contribution in [2.45, 2.75) is 26.7 Å². The number of carbonyl (C=O) groups excluding carboxylic acids is 1. The van der Waals surface area contributed by atoms with E-state index >= 15 is 0 Å². The number of aryl methyl sites for hydroxylation is 1. The topological polar surface area (TPSA) is 94.4 Å². The molecule has 1 amide bonds. The van der Waals surface area contributed by atoms with Crippen molar-refractivity contribution in [2.24, 2.45) is 5.18 Å². The monoisotopic (exact) mass is 293 g/mol. The zero-order valence-corrected chi connectivity index (χ0v) is 11.9. The first-order valence-corrected chi connectivity index (χ1v) is 6.74. The molecule has 1 aromatic rings. The van der Waals surface area contributed by atoms with Gasteiger partial charge in [-0.15, -0.1) is 4.91 Å². The van der Waals surface area contributed by atoms with Gasteiger partial charge in [0.2, 0.25) is 0 Å². The van der Waals surface area contributed by atoms with Gasteiger partial charge in [-0.05, 0) is 25.0 Å². The zero-order chi connectivity index (χ0) is 15.4. The molecule has 1 heterocycles. The Balaban J connectivity index is 2.48. The fourth-order valence-electron chi connectivity index (χ4n) is 2.04. The van der Waals surface area contributed by atoms with Crippen molar-refractivity contribution in [1.82, 2.24) is 0 Å². The average Bonchev–Trinajstić information content (AvgIpc) is 2.46. The molecule has 0 radical (unpaired) electrons. The highest BCUT2D eigenvalue weighted by atomic mass is 16.6. The van der Waals surface area contributed by atoms with Gasteiger partial charge < -0.3 is 19.2 Å². The molecule has 0 atom stereocenters. The van der Waals surface area contributed by atoms with Crippen molar-refractivity contribution in [3.63, 3.8) is 0 Å². The van der Waals surface area contributed by atoms with Gasteiger partial charge in [-0.2, -0.15) is 0 Å². The molecule has 2 rings (SSSR count). The number of rotatable bonds is 5. The Labute approximate surface area is 122 Å². The minimum atomic E-state index is -1.21. The van der Waals surface area contributed by atoms with Gasteiger partial charge in [0.25, 0.3) is 0 Å². The van der Waals surface area contributed by atoms with Crippen LogP contribution >= 0.6 is 0 Å². The summed E-state index contributed by atoms with van der Waals surface area (Å²) in [6.45, 7) is 4.12. The summed E-state index contributed by atoms with van der Waals surface area (Å²) in [5.41, 5.74) is 0.575. The Kier molecular flexibility index (Phi) is 4.79. The first-order valence-electron chi connectivity index (χ1n) is 6.74. The summed E-state index contributed by atoms with van der Waals surface area (Å²) in [6, 6.07) is 1.61. The predicted molar refractivity (Wildman–Crippen MR) is 75.8 cm³/mol. The average molecular weight is 293 g/mol. The second-order valence-electron chi connectivity index (χ2n) is 4.71. The molecule has 1 N–H and O–H groups in total. The second-order valence-corrected chi connectivity index (χ2v) is 4.71. The summed E-state index contributed by atoms with van der Waals surface area (Å²) in [6.07, 6.45) is 1.73. The van der Waals surface area contributed by atoms with E-state index in [4.69, 9.17) is 14.1 Å². The van der Waals surface area contributed by atoms with E-state index in [-0.39, 0.29) is 23.6 Å². The van der Waals surface area contributed by atoms with E-state index in [0.717, 1.165) is 12.8 Å². The highest BCUT2D eigenvalue weighted by Gasteiger charge is 2.33. The van der Waals surface area contributed by atoms with Crippen molar-refractivity contribution < 1.29 is 23.9 Å². The highest BCUT2D eigenvalue weighted by molar-refractivity contribution is 6.44. The molecule has 0 unspecified atom stereocenters. The van der Waals surface area contributed by atoms with Crippen LogP contribution in [-0.2, 0) is 0 Å². The molecule has 0 aliphatic carbocycles. The van der Waals surface area contributed by atoms with Crippen LogP contribution in [0.4, 0.5) is 0 Å². The fraction of sp³-hybridized carbons (Fsp3) is 0.462. The van der Waals surface area contributed by atoms with E-state index in [0.29, 0.717) is 17.9 Å². The third-order valence-corrected chi connectivity index (χ3v) is 3.06. The number of unbranched alkanes of at least 4 members (excludes halogenated alkanes) is 1. The minimum Gasteiger partial charge on any atom is -0.531 e. The number of fused-ring (bicyclic) bond motifs is 1. The maximum Gasteiger partial charge on any atom is 0.563 e. The summed E-state index contributed by atoms with van der Waals surface area (Å²) in [7, 11) is -1.21. The van der Waals surface area contributed by atoms with E-state index < -0.39 is 13.0 Å². The normalized spacial score (nSPS) is 13.0. The molecule has 0 saturated carbocycles.